The smallest absolute Gasteiger partial charge is 0.261 e. The van der Waals surface area contributed by atoms with E-state index in [0.717, 1.165) is 0 Å². The van der Waals surface area contributed by atoms with Crippen molar-refractivity contribution in [1.29, 1.82) is 0 Å². The number of sulfonamides is 1. The summed E-state index contributed by atoms with van der Waals surface area (Å²) < 4.78 is 51.4. The number of aromatic amines is 1. The monoisotopic (exact) mass is 274 g/mol. The van der Waals surface area contributed by atoms with Gasteiger partial charge in [0.05, 0.1) is 4.90 Å². The molecule has 18 heavy (non-hydrogen) atoms. The minimum atomic E-state index is -4.12. The molecule has 2 aromatic rings. The molecule has 0 atom stereocenters. The molecule has 0 aliphatic rings. The zero-order valence-electron chi connectivity index (χ0n) is 9.11. The van der Waals surface area contributed by atoms with Gasteiger partial charge in [-0.3, -0.25) is 5.10 Å². The van der Waals surface area contributed by atoms with Crippen molar-refractivity contribution in [2.75, 3.05) is 4.72 Å². The summed E-state index contributed by atoms with van der Waals surface area (Å²) in [6.07, 6.45) is 0. The molecule has 0 saturated heterocycles. The van der Waals surface area contributed by atoms with E-state index in [4.69, 9.17) is 0 Å². The van der Waals surface area contributed by atoms with Crippen LogP contribution in [0.15, 0.2) is 23.1 Å². The molecule has 0 saturated carbocycles. The minimum absolute atomic E-state index is 0.197. The third kappa shape index (κ3) is 2.62. The lowest BCUT2D eigenvalue weighted by Crippen LogP contribution is -2.14. The van der Waals surface area contributed by atoms with Gasteiger partial charge in [-0.1, -0.05) is 0 Å². The van der Waals surface area contributed by atoms with E-state index < -0.39 is 26.6 Å². The zero-order valence-corrected chi connectivity index (χ0v) is 9.92. The highest BCUT2D eigenvalue weighted by molar-refractivity contribution is 7.92. The first kappa shape index (κ1) is 12.4. The number of H-pyrrole nitrogens is 1. The number of halogens is 2. The number of aryl methyl sites for hydroxylation is 1. The minimum Gasteiger partial charge on any atom is -0.261 e. The van der Waals surface area contributed by atoms with Crippen LogP contribution in [0.25, 0.3) is 0 Å². The van der Waals surface area contributed by atoms with Gasteiger partial charge in [0.1, 0.15) is 17.5 Å². The standard InChI is InChI=1S/C9H8F2N4O2S/c1-5-12-9(14-13-5)15-18(16,17)8-3-6(10)2-7(11)4-8/h2-4H,1H3,(H2,12,13,14,15). The number of hydrogen-bond acceptors (Lipinski definition) is 4. The molecule has 0 bridgehead atoms. The summed E-state index contributed by atoms with van der Waals surface area (Å²) in [5.41, 5.74) is 0. The summed E-state index contributed by atoms with van der Waals surface area (Å²) in [5, 5.41) is 5.99. The molecule has 6 nitrogen and oxygen atoms in total. The van der Waals surface area contributed by atoms with E-state index in [9.17, 15) is 17.2 Å². The number of benzene rings is 1. The van der Waals surface area contributed by atoms with Crippen LogP contribution in [0, 0.1) is 18.6 Å². The Bertz CT molecular complexity index is 663. The predicted octanol–water partition coefficient (Wildman–Crippen LogP) is 1.19. The van der Waals surface area contributed by atoms with Gasteiger partial charge in [-0.05, 0) is 19.1 Å². The lowest BCUT2D eigenvalue weighted by Gasteiger charge is -2.04. The SMILES string of the molecule is Cc1nc(NS(=O)(=O)c2cc(F)cc(F)c2)n[nH]1. The van der Waals surface area contributed by atoms with Gasteiger partial charge in [0.2, 0.25) is 0 Å². The van der Waals surface area contributed by atoms with Crippen LogP contribution in [0.1, 0.15) is 5.82 Å². The molecule has 1 heterocycles. The van der Waals surface area contributed by atoms with Crippen molar-refractivity contribution in [2.24, 2.45) is 0 Å². The van der Waals surface area contributed by atoms with Gasteiger partial charge in [-0.25, -0.2) is 21.9 Å². The van der Waals surface area contributed by atoms with Gasteiger partial charge >= 0.3 is 0 Å². The molecule has 0 fully saturated rings. The van der Waals surface area contributed by atoms with Crippen LogP contribution in [0.4, 0.5) is 14.7 Å². The summed E-state index contributed by atoms with van der Waals surface area (Å²) in [6.45, 7) is 1.58. The Morgan fingerprint density at radius 2 is 1.83 bits per heavy atom. The molecule has 0 spiro atoms. The molecule has 2 N–H and O–H groups in total. The molecular weight excluding hydrogens is 266 g/mol. The lowest BCUT2D eigenvalue weighted by molar-refractivity contribution is 0.568. The Kier molecular flexibility index (Phi) is 2.99. The molecule has 1 aromatic carbocycles. The first-order valence-corrected chi connectivity index (χ1v) is 6.23. The fourth-order valence-corrected chi connectivity index (χ4v) is 2.24. The second-order valence-corrected chi connectivity index (χ2v) is 5.14. The van der Waals surface area contributed by atoms with Crippen molar-refractivity contribution in [2.45, 2.75) is 11.8 Å². The molecule has 96 valence electrons. The van der Waals surface area contributed by atoms with Crippen molar-refractivity contribution in [1.82, 2.24) is 15.2 Å². The molecular formula is C9H8F2N4O2S. The van der Waals surface area contributed by atoms with Crippen molar-refractivity contribution < 1.29 is 17.2 Å². The number of hydrogen-bond donors (Lipinski definition) is 2. The highest BCUT2D eigenvalue weighted by atomic mass is 32.2. The van der Waals surface area contributed by atoms with Crippen LogP contribution in [0.2, 0.25) is 0 Å². The largest absolute Gasteiger partial charge is 0.264 e. The quantitative estimate of drug-likeness (QED) is 0.880. The summed E-state index contributed by atoms with van der Waals surface area (Å²) in [7, 11) is -4.12. The fraction of sp³-hybridized carbons (Fsp3) is 0.111. The molecule has 1 aromatic heterocycles. The summed E-state index contributed by atoms with van der Waals surface area (Å²) in [4.78, 5) is 3.18. The van der Waals surface area contributed by atoms with E-state index >= 15 is 0 Å². The number of rotatable bonds is 3. The van der Waals surface area contributed by atoms with E-state index in [1.54, 1.807) is 6.92 Å². The topological polar surface area (TPSA) is 87.7 Å². The molecule has 0 aliphatic carbocycles. The van der Waals surface area contributed by atoms with Crippen LogP contribution < -0.4 is 4.72 Å². The van der Waals surface area contributed by atoms with Gasteiger partial charge < -0.3 is 0 Å². The van der Waals surface area contributed by atoms with Crippen molar-refractivity contribution >= 4 is 16.0 Å². The average Bonchev–Trinajstić information content (AvgIpc) is 2.61. The van der Waals surface area contributed by atoms with Crippen molar-refractivity contribution in [3.8, 4) is 0 Å². The number of aromatic nitrogens is 3. The Hall–Kier alpha value is -2.03. The van der Waals surface area contributed by atoms with Gasteiger partial charge in [-0.2, -0.15) is 4.98 Å². The maximum absolute atomic E-state index is 12.9. The maximum Gasteiger partial charge on any atom is 0.264 e. The van der Waals surface area contributed by atoms with E-state index in [0.29, 0.717) is 24.0 Å². The van der Waals surface area contributed by atoms with Gasteiger partial charge in [0.25, 0.3) is 16.0 Å². The predicted molar refractivity (Wildman–Crippen MR) is 58.3 cm³/mol. The Morgan fingerprint density at radius 1 is 1.22 bits per heavy atom. The highest BCUT2D eigenvalue weighted by Crippen LogP contribution is 2.16. The first-order valence-electron chi connectivity index (χ1n) is 4.75. The lowest BCUT2D eigenvalue weighted by atomic mass is 10.3. The van der Waals surface area contributed by atoms with E-state index in [1.807, 2.05) is 4.72 Å². The van der Waals surface area contributed by atoms with E-state index in [1.165, 1.54) is 0 Å². The summed E-state index contributed by atoms with van der Waals surface area (Å²) in [5.74, 6) is -1.77. The molecule has 0 aliphatic heterocycles. The molecule has 0 unspecified atom stereocenters. The number of nitrogens with one attached hydrogen (secondary N) is 2. The van der Waals surface area contributed by atoms with Crippen LogP contribution in [-0.4, -0.2) is 23.6 Å². The zero-order chi connectivity index (χ0) is 13.3. The first-order chi connectivity index (χ1) is 8.37. The highest BCUT2D eigenvalue weighted by Gasteiger charge is 2.18. The second kappa shape index (κ2) is 4.33. The molecule has 9 heteroatoms. The van der Waals surface area contributed by atoms with Crippen LogP contribution in [0.5, 0.6) is 0 Å². The fourth-order valence-electron chi connectivity index (χ4n) is 1.25. The van der Waals surface area contributed by atoms with E-state index in [2.05, 4.69) is 15.2 Å². The van der Waals surface area contributed by atoms with Crippen LogP contribution in [0.3, 0.4) is 0 Å². The summed E-state index contributed by atoms with van der Waals surface area (Å²) >= 11 is 0. The van der Waals surface area contributed by atoms with Crippen molar-refractivity contribution in [3.05, 3.63) is 35.7 Å². The van der Waals surface area contributed by atoms with E-state index in [-0.39, 0.29) is 5.95 Å². The second-order valence-electron chi connectivity index (χ2n) is 3.46. The Balaban J connectivity index is 2.36. The number of nitrogens with zero attached hydrogens (tertiary/aromatic N) is 2. The van der Waals surface area contributed by atoms with Gasteiger partial charge in [-0.15, -0.1) is 5.10 Å². The number of anilines is 1. The third-order valence-electron chi connectivity index (χ3n) is 1.97. The van der Waals surface area contributed by atoms with Crippen LogP contribution >= 0.6 is 0 Å². The van der Waals surface area contributed by atoms with Crippen LogP contribution in [-0.2, 0) is 10.0 Å². The normalized spacial score (nSPS) is 11.5. The average molecular weight is 274 g/mol. The molecule has 0 amide bonds. The van der Waals surface area contributed by atoms with Gasteiger partial charge in [0, 0.05) is 6.07 Å². The maximum atomic E-state index is 12.9. The Labute approximate surface area is 101 Å². The van der Waals surface area contributed by atoms with Crippen molar-refractivity contribution in [3.63, 3.8) is 0 Å². The molecule has 0 radical (unpaired) electrons. The van der Waals surface area contributed by atoms with Gasteiger partial charge in [0.15, 0.2) is 0 Å². The Morgan fingerprint density at radius 3 is 2.33 bits per heavy atom. The summed E-state index contributed by atoms with van der Waals surface area (Å²) in [6, 6.07) is 1.98. The molecule has 2 rings (SSSR count). The third-order valence-corrected chi connectivity index (χ3v) is 3.28.